The molecular formula is C21H24N2O3S. The van der Waals surface area contributed by atoms with Gasteiger partial charge in [-0.2, -0.15) is 5.26 Å². The van der Waals surface area contributed by atoms with Gasteiger partial charge in [-0.05, 0) is 55.7 Å². The van der Waals surface area contributed by atoms with Crippen LogP contribution in [-0.4, -0.2) is 24.2 Å². The van der Waals surface area contributed by atoms with Gasteiger partial charge in [-0.1, -0.05) is 18.2 Å². The maximum absolute atomic E-state index is 12.5. The normalized spacial score (nSPS) is 15.7. The summed E-state index contributed by atoms with van der Waals surface area (Å²) in [5.74, 6) is 0.962. The number of aryl methyl sites for hydroxylation is 1. The topological polar surface area (TPSA) is 82.3 Å². The van der Waals surface area contributed by atoms with Gasteiger partial charge in [0.05, 0.1) is 12.2 Å². The van der Waals surface area contributed by atoms with Gasteiger partial charge in [-0.25, -0.2) is 0 Å². The number of nitriles is 1. The van der Waals surface area contributed by atoms with E-state index in [0.29, 0.717) is 30.0 Å². The number of carbonyl (C=O) groups is 1. The Kier molecular flexibility index (Phi) is 6.49. The quantitative estimate of drug-likeness (QED) is 0.763. The van der Waals surface area contributed by atoms with Gasteiger partial charge in [0, 0.05) is 17.9 Å². The van der Waals surface area contributed by atoms with E-state index in [1.165, 1.54) is 11.3 Å². The van der Waals surface area contributed by atoms with Gasteiger partial charge < -0.3 is 15.2 Å². The maximum atomic E-state index is 12.5. The van der Waals surface area contributed by atoms with Crippen molar-refractivity contribution >= 4 is 22.2 Å². The van der Waals surface area contributed by atoms with Gasteiger partial charge in [0.1, 0.15) is 16.8 Å². The Morgan fingerprint density at radius 1 is 1.44 bits per heavy atom. The van der Waals surface area contributed by atoms with Gasteiger partial charge in [-0.15, -0.1) is 11.3 Å². The molecule has 142 valence electrons. The number of anilines is 1. The molecule has 1 aromatic heterocycles. The standard InChI is InChI=1S/C21H24N2O3S/c1-2-26-18-6-4-3-5-15(18)8-10-20(25)23-21-17(12-22)16-9-7-14(13-24)11-19(16)27-21/h3-6,14,24H,2,7-11,13H2,1H3,(H,23,25). The number of fused-ring (bicyclic) bond motifs is 1. The summed E-state index contributed by atoms with van der Waals surface area (Å²) < 4.78 is 5.61. The predicted octanol–water partition coefficient (Wildman–Crippen LogP) is 3.69. The van der Waals surface area contributed by atoms with Gasteiger partial charge in [0.15, 0.2) is 0 Å². The third-order valence-electron chi connectivity index (χ3n) is 4.88. The van der Waals surface area contributed by atoms with E-state index in [0.717, 1.165) is 41.0 Å². The zero-order valence-corrected chi connectivity index (χ0v) is 16.3. The lowest BCUT2D eigenvalue weighted by molar-refractivity contribution is -0.116. The van der Waals surface area contributed by atoms with Crippen molar-refractivity contribution in [2.24, 2.45) is 5.92 Å². The van der Waals surface area contributed by atoms with Crippen LogP contribution in [0, 0.1) is 17.2 Å². The van der Waals surface area contributed by atoms with Crippen LogP contribution in [0.4, 0.5) is 5.00 Å². The fourth-order valence-electron chi connectivity index (χ4n) is 3.46. The molecule has 1 atom stereocenters. The number of carbonyl (C=O) groups excluding carboxylic acids is 1. The molecule has 2 aromatic rings. The number of rotatable bonds is 7. The van der Waals surface area contributed by atoms with Crippen LogP contribution in [0.15, 0.2) is 24.3 Å². The van der Waals surface area contributed by atoms with Gasteiger partial charge >= 0.3 is 0 Å². The van der Waals surface area contributed by atoms with Crippen LogP contribution >= 0.6 is 11.3 Å². The van der Waals surface area contributed by atoms with Gasteiger partial charge in [0.25, 0.3) is 0 Å². The minimum absolute atomic E-state index is 0.102. The van der Waals surface area contributed by atoms with Crippen LogP contribution in [0.2, 0.25) is 0 Å². The zero-order valence-electron chi connectivity index (χ0n) is 15.5. The Morgan fingerprint density at radius 3 is 3.00 bits per heavy atom. The number of aliphatic hydroxyl groups is 1. The summed E-state index contributed by atoms with van der Waals surface area (Å²) >= 11 is 1.48. The molecule has 1 aliphatic rings. The van der Waals surface area contributed by atoms with E-state index in [1.54, 1.807) is 0 Å². The molecule has 0 radical (unpaired) electrons. The average molecular weight is 385 g/mol. The summed E-state index contributed by atoms with van der Waals surface area (Å²) in [6, 6.07) is 10.00. The number of nitrogens with one attached hydrogen (secondary N) is 1. The number of thiophene rings is 1. The molecule has 1 aliphatic carbocycles. The molecule has 27 heavy (non-hydrogen) atoms. The molecule has 3 rings (SSSR count). The Hall–Kier alpha value is -2.36. The number of para-hydroxylation sites is 1. The highest BCUT2D eigenvalue weighted by molar-refractivity contribution is 7.16. The first-order valence-corrected chi connectivity index (χ1v) is 10.1. The second kappa shape index (κ2) is 9.03. The Bertz CT molecular complexity index is 854. The highest BCUT2D eigenvalue weighted by Gasteiger charge is 2.26. The van der Waals surface area contributed by atoms with Crippen LogP contribution in [0.3, 0.4) is 0 Å². The summed E-state index contributed by atoms with van der Waals surface area (Å²) in [7, 11) is 0. The van der Waals surface area contributed by atoms with Crippen molar-refractivity contribution in [3.63, 3.8) is 0 Å². The number of nitrogens with zero attached hydrogens (tertiary/aromatic N) is 1. The molecule has 1 aromatic carbocycles. The van der Waals surface area contributed by atoms with E-state index in [9.17, 15) is 15.2 Å². The molecule has 0 spiro atoms. The molecular weight excluding hydrogens is 360 g/mol. The highest BCUT2D eigenvalue weighted by Crippen LogP contribution is 2.39. The van der Waals surface area contributed by atoms with Crippen molar-refractivity contribution in [1.82, 2.24) is 0 Å². The Labute approximate surface area is 163 Å². The molecule has 1 heterocycles. The average Bonchev–Trinajstić information content (AvgIpc) is 3.03. The van der Waals surface area contributed by atoms with Crippen LogP contribution in [-0.2, 0) is 24.1 Å². The van der Waals surface area contributed by atoms with Crippen molar-refractivity contribution in [3.8, 4) is 11.8 Å². The minimum atomic E-state index is -0.102. The predicted molar refractivity (Wildman–Crippen MR) is 106 cm³/mol. The van der Waals surface area contributed by atoms with E-state index >= 15 is 0 Å². The molecule has 0 saturated heterocycles. The fraction of sp³-hybridized carbons (Fsp3) is 0.429. The number of amides is 1. The Morgan fingerprint density at radius 2 is 2.26 bits per heavy atom. The summed E-state index contributed by atoms with van der Waals surface area (Å²) in [5.41, 5.74) is 2.64. The number of benzene rings is 1. The largest absolute Gasteiger partial charge is 0.494 e. The second-order valence-electron chi connectivity index (χ2n) is 6.70. The lowest BCUT2D eigenvalue weighted by Crippen LogP contribution is -2.16. The lowest BCUT2D eigenvalue weighted by Gasteiger charge is -2.19. The molecule has 1 unspecified atom stereocenters. The van der Waals surface area contributed by atoms with E-state index in [-0.39, 0.29) is 18.4 Å². The van der Waals surface area contributed by atoms with Crippen molar-refractivity contribution in [1.29, 1.82) is 5.26 Å². The molecule has 0 fully saturated rings. The third-order valence-corrected chi connectivity index (χ3v) is 6.05. The van der Waals surface area contributed by atoms with Gasteiger partial charge in [-0.3, -0.25) is 4.79 Å². The summed E-state index contributed by atoms with van der Waals surface area (Å²) in [5, 5.41) is 22.5. The lowest BCUT2D eigenvalue weighted by atomic mass is 9.88. The zero-order chi connectivity index (χ0) is 19.2. The van der Waals surface area contributed by atoms with Crippen molar-refractivity contribution < 1.29 is 14.6 Å². The molecule has 2 N–H and O–H groups in total. The first kappa shape index (κ1) is 19.4. The first-order chi connectivity index (χ1) is 13.2. The fourth-order valence-corrected chi connectivity index (χ4v) is 4.79. The molecule has 0 bridgehead atoms. The molecule has 0 saturated carbocycles. The van der Waals surface area contributed by atoms with E-state index in [2.05, 4.69) is 11.4 Å². The SMILES string of the molecule is CCOc1ccccc1CCC(=O)Nc1sc2c(c1C#N)CCC(CO)C2. The van der Waals surface area contributed by atoms with Crippen LogP contribution in [0.25, 0.3) is 0 Å². The maximum Gasteiger partial charge on any atom is 0.225 e. The smallest absolute Gasteiger partial charge is 0.225 e. The third kappa shape index (κ3) is 4.49. The van der Waals surface area contributed by atoms with Crippen molar-refractivity contribution in [2.45, 2.75) is 39.0 Å². The first-order valence-electron chi connectivity index (χ1n) is 9.32. The number of ether oxygens (including phenoxy) is 1. The van der Waals surface area contributed by atoms with E-state index < -0.39 is 0 Å². The van der Waals surface area contributed by atoms with Crippen LogP contribution < -0.4 is 10.1 Å². The summed E-state index contributed by atoms with van der Waals surface area (Å²) in [4.78, 5) is 13.6. The molecule has 6 heteroatoms. The molecule has 1 amide bonds. The van der Waals surface area contributed by atoms with Crippen LogP contribution in [0.5, 0.6) is 5.75 Å². The Balaban J connectivity index is 1.67. The van der Waals surface area contributed by atoms with E-state index in [4.69, 9.17) is 4.74 Å². The van der Waals surface area contributed by atoms with Crippen molar-refractivity contribution in [2.75, 3.05) is 18.5 Å². The summed E-state index contributed by atoms with van der Waals surface area (Å²) in [6.07, 6.45) is 3.37. The monoisotopic (exact) mass is 384 g/mol. The minimum Gasteiger partial charge on any atom is -0.494 e. The summed E-state index contributed by atoms with van der Waals surface area (Å²) in [6.45, 7) is 2.69. The second-order valence-corrected chi connectivity index (χ2v) is 7.81. The number of aliphatic hydroxyl groups excluding tert-OH is 1. The van der Waals surface area contributed by atoms with E-state index in [1.807, 2.05) is 31.2 Å². The number of hydrogen-bond donors (Lipinski definition) is 2. The van der Waals surface area contributed by atoms with Gasteiger partial charge in [0.2, 0.25) is 5.91 Å². The highest BCUT2D eigenvalue weighted by atomic mass is 32.1. The van der Waals surface area contributed by atoms with Crippen molar-refractivity contribution in [3.05, 3.63) is 45.8 Å². The number of hydrogen-bond acceptors (Lipinski definition) is 5. The van der Waals surface area contributed by atoms with Crippen LogP contribution in [0.1, 0.15) is 41.3 Å². The molecule has 5 nitrogen and oxygen atoms in total. The molecule has 0 aliphatic heterocycles.